The number of hydrogen-bond donors (Lipinski definition) is 0. The van der Waals surface area contributed by atoms with Crippen LogP contribution in [0.15, 0.2) is 65.3 Å². The molecule has 3 nitrogen and oxygen atoms in total. The topological polar surface area (TPSA) is 29.3 Å². The number of aromatic nitrogens is 1. The average Bonchev–Trinajstić information content (AvgIpc) is 3.02. The van der Waals surface area contributed by atoms with E-state index in [0.29, 0.717) is 24.0 Å². The summed E-state index contributed by atoms with van der Waals surface area (Å²) in [5.74, 6) is 0.145. The molecule has 0 aliphatic carbocycles. The van der Waals surface area contributed by atoms with Gasteiger partial charge >= 0.3 is 0 Å². The van der Waals surface area contributed by atoms with Crippen LogP contribution in [0.1, 0.15) is 19.5 Å². The van der Waals surface area contributed by atoms with Crippen molar-refractivity contribution in [2.75, 3.05) is 4.90 Å². The Kier molecular flexibility index (Phi) is 4.42. The minimum Gasteiger partial charge on any atom is -0.444 e. The molecule has 0 atom stereocenters. The van der Waals surface area contributed by atoms with E-state index in [9.17, 15) is 4.39 Å². The molecule has 1 aromatic heterocycles. The van der Waals surface area contributed by atoms with Gasteiger partial charge in [0.2, 0.25) is 5.89 Å². The molecular formula is C19H19FN2O. The highest BCUT2D eigenvalue weighted by Crippen LogP contribution is 2.23. The van der Waals surface area contributed by atoms with Gasteiger partial charge in [-0.15, -0.1) is 0 Å². The van der Waals surface area contributed by atoms with Crippen molar-refractivity contribution in [2.45, 2.75) is 26.4 Å². The molecule has 0 aliphatic rings. The molecule has 118 valence electrons. The molecule has 0 saturated heterocycles. The van der Waals surface area contributed by atoms with Gasteiger partial charge in [-0.05, 0) is 44.2 Å². The van der Waals surface area contributed by atoms with Crippen LogP contribution in [0, 0.1) is 5.82 Å². The lowest BCUT2D eigenvalue weighted by atomic mass is 10.2. The SMILES string of the molecule is CC(C)N(Cc1coc(-c2cccc(F)c2)n1)c1ccccc1. The van der Waals surface area contributed by atoms with Crippen LogP contribution in [-0.4, -0.2) is 11.0 Å². The predicted octanol–water partition coefficient (Wildman–Crippen LogP) is 4.90. The van der Waals surface area contributed by atoms with Gasteiger partial charge in [-0.2, -0.15) is 0 Å². The van der Waals surface area contributed by atoms with Crippen LogP contribution in [0.5, 0.6) is 0 Å². The first kappa shape index (κ1) is 15.3. The van der Waals surface area contributed by atoms with Crippen LogP contribution < -0.4 is 4.90 Å². The maximum atomic E-state index is 13.3. The van der Waals surface area contributed by atoms with E-state index >= 15 is 0 Å². The van der Waals surface area contributed by atoms with Gasteiger partial charge in [0.05, 0.1) is 12.2 Å². The fourth-order valence-corrected chi connectivity index (χ4v) is 2.50. The van der Waals surface area contributed by atoms with Crippen LogP contribution in [-0.2, 0) is 6.54 Å². The third kappa shape index (κ3) is 3.59. The van der Waals surface area contributed by atoms with Crippen molar-refractivity contribution >= 4 is 5.69 Å². The van der Waals surface area contributed by atoms with E-state index in [1.807, 2.05) is 18.2 Å². The van der Waals surface area contributed by atoms with Gasteiger partial charge < -0.3 is 9.32 Å². The van der Waals surface area contributed by atoms with Crippen LogP contribution in [0.2, 0.25) is 0 Å². The van der Waals surface area contributed by atoms with Gasteiger partial charge in [-0.1, -0.05) is 24.3 Å². The first-order chi connectivity index (χ1) is 11.1. The van der Waals surface area contributed by atoms with Gasteiger partial charge in [0.1, 0.15) is 12.1 Å². The van der Waals surface area contributed by atoms with Crippen molar-refractivity contribution < 1.29 is 8.81 Å². The molecule has 0 unspecified atom stereocenters. The Hall–Kier alpha value is -2.62. The summed E-state index contributed by atoms with van der Waals surface area (Å²) < 4.78 is 18.8. The lowest BCUT2D eigenvalue weighted by Crippen LogP contribution is -2.30. The normalized spacial score (nSPS) is 11.0. The Morgan fingerprint density at radius 3 is 2.57 bits per heavy atom. The lowest BCUT2D eigenvalue weighted by Gasteiger charge is -2.28. The Bertz CT molecular complexity index is 768. The molecule has 2 aromatic carbocycles. The minimum absolute atomic E-state index is 0.296. The predicted molar refractivity (Wildman–Crippen MR) is 89.7 cm³/mol. The molecule has 3 aromatic rings. The fraction of sp³-hybridized carbons (Fsp3) is 0.211. The molecule has 0 bridgehead atoms. The molecule has 4 heteroatoms. The maximum absolute atomic E-state index is 13.3. The fourth-order valence-electron chi connectivity index (χ4n) is 2.50. The third-order valence-corrected chi connectivity index (χ3v) is 3.67. The molecule has 0 saturated carbocycles. The van der Waals surface area contributed by atoms with E-state index < -0.39 is 0 Å². The van der Waals surface area contributed by atoms with Crippen LogP contribution in [0.3, 0.4) is 0 Å². The van der Waals surface area contributed by atoms with Crippen molar-refractivity contribution in [1.29, 1.82) is 0 Å². The molecule has 0 fully saturated rings. The molecule has 0 amide bonds. The third-order valence-electron chi connectivity index (χ3n) is 3.67. The van der Waals surface area contributed by atoms with Gasteiger partial charge in [-0.25, -0.2) is 9.37 Å². The summed E-state index contributed by atoms with van der Waals surface area (Å²) in [6.45, 7) is 4.92. The molecule has 0 radical (unpaired) electrons. The van der Waals surface area contributed by atoms with Crippen molar-refractivity contribution in [3.8, 4) is 11.5 Å². The van der Waals surface area contributed by atoms with Crippen molar-refractivity contribution in [3.05, 3.63) is 72.4 Å². The zero-order valence-electron chi connectivity index (χ0n) is 13.2. The molecular weight excluding hydrogens is 291 g/mol. The molecule has 0 spiro atoms. The van der Waals surface area contributed by atoms with Crippen LogP contribution in [0.25, 0.3) is 11.5 Å². The first-order valence-corrected chi connectivity index (χ1v) is 7.65. The number of rotatable bonds is 5. The highest BCUT2D eigenvalue weighted by atomic mass is 19.1. The number of benzene rings is 2. The molecule has 1 heterocycles. The van der Waals surface area contributed by atoms with Crippen molar-refractivity contribution in [3.63, 3.8) is 0 Å². The summed E-state index contributed by atoms with van der Waals surface area (Å²) in [6, 6.07) is 16.8. The highest BCUT2D eigenvalue weighted by molar-refractivity contribution is 5.53. The van der Waals surface area contributed by atoms with Gasteiger partial charge in [0.25, 0.3) is 0 Å². The van der Waals surface area contributed by atoms with Gasteiger partial charge in [-0.3, -0.25) is 0 Å². The number of oxazole rings is 1. The second-order valence-corrected chi connectivity index (χ2v) is 5.71. The summed E-state index contributed by atoms with van der Waals surface area (Å²) in [5.41, 5.74) is 2.60. The number of para-hydroxylation sites is 1. The van der Waals surface area contributed by atoms with E-state index in [1.165, 1.54) is 12.1 Å². The second-order valence-electron chi connectivity index (χ2n) is 5.71. The smallest absolute Gasteiger partial charge is 0.226 e. The van der Waals surface area contributed by atoms with E-state index in [0.717, 1.165) is 11.4 Å². The highest BCUT2D eigenvalue weighted by Gasteiger charge is 2.14. The van der Waals surface area contributed by atoms with Gasteiger partial charge in [0, 0.05) is 17.3 Å². The Balaban J connectivity index is 1.82. The zero-order valence-corrected chi connectivity index (χ0v) is 13.2. The lowest BCUT2D eigenvalue weighted by molar-refractivity contribution is 0.569. The average molecular weight is 310 g/mol. The first-order valence-electron chi connectivity index (χ1n) is 7.65. The largest absolute Gasteiger partial charge is 0.444 e. The van der Waals surface area contributed by atoms with E-state index in [4.69, 9.17) is 4.42 Å². The maximum Gasteiger partial charge on any atom is 0.226 e. The zero-order chi connectivity index (χ0) is 16.2. The minimum atomic E-state index is -0.296. The van der Waals surface area contributed by atoms with Gasteiger partial charge in [0.15, 0.2) is 0 Å². The molecule has 0 aliphatic heterocycles. The summed E-state index contributed by atoms with van der Waals surface area (Å²) in [6.07, 6.45) is 1.64. The van der Waals surface area contributed by atoms with E-state index in [1.54, 1.807) is 18.4 Å². The van der Waals surface area contributed by atoms with E-state index in [-0.39, 0.29) is 5.82 Å². The van der Waals surface area contributed by atoms with E-state index in [2.05, 4.69) is 35.9 Å². The Morgan fingerprint density at radius 1 is 1.09 bits per heavy atom. The standard InChI is InChI=1S/C19H19FN2O/c1-14(2)22(18-9-4-3-5-10-18)12-17-13-23-19(21-17)15-7-6-8-16(20)11-15/h3-11,13-14H,12H2,1-2H3. The summed E-state index contributed by atoms with van der Waals surface area (Å²) in [7, 11) is 0. The molecule has 0 N–H and O–H groups in total. The molecule has 23 heavy (non-hydrogen) atoms. The van der Waals surface area contributed by atoms with Crippen molar-refractivity contribution in [1.82, 2.24) is 4.98 Å². The quantitative estimate of drug-likeness (QED) is 0.671. The number of anilines is 1. The summed E-state index contributed by atoms with van der Waals surface area (Å²) in [4.78, 5) is 6.74. The summed E-state index contributed by atoms with van der Waals surface area (Å²) >= 11 is 0. The monoisotopic (exact) mass is 310 g/mol. The Morgan fingerprint density at radius 2 is 1.87 bits per heavy atom. The number of nitrogens with zero attached hydrogens (tertiary/aromatic N) is 2. The van der Waals surface area contributed by atoms with Crippen molar-refractivity contribution in [2.24, 2.45) is 0 Å². The van der Waals surface area contributed by atoms with Crippen LogP contribution in [0.4, 0.5) is 10.1 Å². The second kappa shape index (κ2) is 6.65. The molecule has 3 rings (SSSR count). The summed E-state index contributed by atoms with van der Waals surface area (Å²) in [5, 5.41) is 0. The number of halogens is 1. The Labute approximate surface area is 135 Å². The van der Waals surface area contributed by atoms with Crippen LogP contribution >= 0.6 is 0 Å². The number of hydrogen-bond acceptors (Lipinski definition) is 3.